The van der Waals surface area contributed by atoms with Gasteiger partial charge >= 0.3 is 5.97 Å². The molecule has 4 rings (SSSR count). The summed E-state index contributed by atoms with van der Waals surface area (Å²) in [6.45, 7) is 2.29. The van der Waals surface area contributed by atoms with Crippen LogP contribution in [0.2, 0.25) is 5.02 Å². The summed E-state index contributed by atoms with van der Waals surface area (Å²) in [5, 5.41) is 9.93. The van der Waals surface area contributed by atoms with Crippen LogP contribution in [0.4, 0.5) is 0 Å². The number of thiophene rings is 1. The Morgan fingerprint density at radius 1 is 1.33 bits per heavy atom. The molecule has 1 aliphatic rings. The van der Waals surface area contributed by atoms with Crippen LogP contribution in [0, 0.1) is 0 Å². The van der Waals surface area contributed by atoms with Gasteiger partial charge in [0.05, 0.1) is 12.3 Å². The van der Waals surface area contributed by atoms with Crippen molar-refractivity contribution in [3.63, 3.8) is 0 Å². The van der Waals surface area contributed by atoms with Crippen LogP contribution < -0.4 is 0 Å². The number of fused-ring (bicyclic) bond motifs is 3. The van der Waals surface area contributed by atoms with Gasteiger partial charge in [-0.1, -0.05) is 29.8 Å². The van der Waals surface area contributed by atoms with Crippen molar-refractivity contribution >= 4 is 34.6 Å². The lowest BCUT2D eigenvalue weighted by molar-refractivity contribution is -0.141. The molecule has 0 atom stereocenters. The van der Waals surface area contributed by atoms with Crippen LogP contribution in [0.15, 0.2) is 41.7 Å². The monoisotopic (exact) mass is 400 g/mol. The van der Waals surface area contributed by atoms with Gasteiger partial charge in [-0.15, -0.1) is 21.5 Å². The average Bonchev–Trinajstić information content (AvgIpc) is 3.24. The number of hydrogen-bond acceptors (Lipinski definition) is 6. The molecule has 6 nitrogen and oxygen atoms in total. The third-order valence-corrected chi connectivity index (χ3v) is 5.76. The predicted octanol–water partition coefficient (Wildman–Crippen LogP) is 3.83. The van der Waals surface area contributed by atoms with E-state index >= 15 is 0 Å². The van der Waals surface area contributed by atoms with Gasteiger partial charge in [0.15, 0.2) is 5.82 Å². The fourth-order valence-corrected chi connectivity index (χ4v) is 4.43. The molecule has 3 heterocycles. The zero-order valence-corrected chi connectivity index (χ0v) is 16.3. The minimum absolute atomic E-state index is 0.251. The van der Waals surface area contributed by atoms with Crippen molar-refractivity contribution in [3.05, 3.63) is 63.5 Å². The van der Waals surface area contributed by atoms with Crippen molar-refractivity contribution in [2.45, 2.75) is 26.3 Å². The van der Waals surface area contributed by atoms with Gasteiger partial charge in [-0.25, -0.2) is 0 Å². The maximum Gasteiger partial charge on any atom is 0.302 e. The molecule has 27 heavy (non-hydrogen) atoms. The number of aryl methyl sites for hydroxylation is 1. The molecule has 8 heteroatoms. The molecule has 1 aromatic carbocycles. The van der Waals surface area contributed by atoms with Crippen molar-refractivity contribution in [2.75, 3.05) is 6.61 Å². The largest absolute Gasteiger partial charge is 0.466 e. The molecular formula is C19H17ClN4O2S. The maximum absolute atomic E-state index is 10.9. The Morgan fingerprint density at radius 2 is 2.19 bits per heavy atom. The Balaban J connectivity index is 1.71. The molecule has 138 valence electrons. The highest BCUT2D eigenvalue weighted by Crippen LogP contribution is 2.34. The Hall–Kier alpha value is -2.51. The molecule has 1 aliphatic heterocycles. The summed E-state index contributed by atoms with van der Waals surface area (Å²) >= 11 is 8.12. The number of ether oxygens (including phenoxy) is 1. The second-order valence-electron chi connectivity index (χ2n) is 6.14. The Bertz CT molecular complexity index is 1020. The zero-order chi connectivity index (χ0) is 18.8. The Kier molecular flexibility index (Phi) is 5.05. The molecule has 0 saturated carbocycles. The summed E-state index contributed by atoms with van der Waals surface area (Å²) in [4.78, 5) is 16.9. The molecule has 0 spiro atoms. The third-order valence-electron chi connectivity index (χ3n) is 4.24. The molecule has 2 aromatic heterocycles. The SMILES string of the molecule is CC(=O)OCCCc1cc2c(s1)-n1cnnc1CN=C2c1ccccc1Cl. The number of aliphatic imine (C=N–C) groups is 1. The van der Waals surface area contributed by atoms with E-state index in [1.54, 1.807) is 17.7 Å². The van der Waals surface area contributed by atoms with Gasteiger partial charge in [0, 0.05) is 28.0 Å². The standard InChI is InChI=1S/C19H17ClN4O2S/c1-12(25)26-8-4-5-13-9-15-18(14-6-2-3-7-16(14)20)21-10-17-23-22-11-24(17)19(15)27-13/h2-3,6-7,9,11H,4-5,8,10H2,1H3. The molecule has 0 saturated heterocycles. The predicted molar refractivity (Wildman–Crippen MR) is 105 cm³/mol. The van der Waals surface area contributed by atoms with E-state index < -0.39 is 0 Å². The molecule has 0 amide bonds. The molecule has 0 fully saturated rings. The van der Waals surface area contributed by atoms with Crippen molar-refractivity contribution < 1.29 is 9.53 Å². The van der Waals surface area contributed by atoms with E-state index in [-0.39, 0.29) is 5.97 Å². The molecule has 0 radical (unpaired) electrons. The molecule has 0 aliphatic carbocycles. The van der Waals surface area contributed by atoms with Crippen molar-refractivity contribution in [2.24, 2.45) is 4.99 Å². The van der Waals surface area contributed by atoms with Crippen LogP contribution in [-0.4, -0.2) is 33.1 Å². The molecule has 0 N–H and O–H groups in total. The number of halogens is 1. The number of benzene rings is 1. The number of hydrogen-bond donors (Lipinski definition) is 0. The summed E-state index contributed by atoms with van der Waals surface area (Å²) in [7, 11) is 0. The summed E-state index contributed by atoms with van der Waals surface area (Å²) < 4.78 is 7.02. The minimum atomic E-state index is -0.251. The number of rotatable bonds is 5. The van der Waals surface area contributed by atoms with Gasteiger partial charge in [0.2, 0.25) is 0 Å². The summed E-state index contributed by atoms with van der Waals surface area (Å²) in [5.41, 5.74) is 2.79. The number of aromatic nitrogens is 3. The maximum atomic E-state index is 10.9. The lowest BCUT2D eigenvalue weighted by Gasteiger charge is -2.07. The van der Waals surface area contributed by atoms with Crippen LogP contribution in [0.1, 0.15) is 35.2 Å². The fraction of sp³-hybridized carbons (Fsp3) is 0.263. The molecule has 3 aromatic rings. The highest BCUT2D eigenvalue weighted by atomic mass is 35.5. The number of nitrogens with zero attached hydrogens (tertiary/aromatic N) is 4. The van der Waals surface area contributed by atoms with E-state index in [2.05, 4.69) is 16.3 Å². The van der Waals surface area contributed by atoms with Gasteiger partial charge in [-0.3, -0.25) is 14.4 Å². The van der Waals surface area contributed by atoms with E-state index in [0.717, 1.165) is 40.5 Å². The van der Waals surface area contributed by atoms with Crippen LogP contribution in [0.5, 0.6) is 0 Å². The van der Waals surface area contributed by atoms with E-state index in [1.165, 1.54) is 11.8 Å². The molecular weight excluding hydrogens is 384 g/mol. The van der Waals surface area contributed by atoms with Crippen LogP contribution in [-0.2, 0) is 22.5 Å². The molecule has 0 unspecified atom stereocenters. The summed E-state index contributed by atoms with van der Waals surface area (Å²) in [6.07, 6.45) is 3.31. The second-order valence-corrected chi connectivity index (χ2v) is 7.66. The van der Waals surface area contributed by atoms with E-state index in [1.807, 2.05) is 28.8 Å². The number of carbonyl (C=O) groups excluding carboxylic acids is 1. The normalized spacial score (nSPS) is 12.7. The first-order valence-electron chi connectivity index (χ1n) is 8.58. The summed E-state index contributed by atoms with van der Waals surface area (Å²) in [5.74, 6) is 0.547. The number of carbonyl (C=O) groups is 1. The quantitative estimate of drug-likeness (QED) is 0.482. The third kappa shape index (κ3) is 3.65. The zero-order valence-electron chi connectivity index (χ0n) is 14.7. The Morgan fingerprint density at radius 3 is 3.00 bits per heavy atom. The van der Waals surface area contributed by atoms with Crippen molar-refractivity contribution in [3.8, 4) is 5.00 Å². The van der Waals surface area contributed by atoms with Crippen LogP contribution in [0.25, 0.3) is 5.00 Å². The highest BCUT2D eigenvalue weighted by Gasteiger charge is 2.23. The average molecular weight is 401 g/mol. The number of esters is 1. The second kappa shape index (κ2) is 7.62. The highest BCUT2D eigenvalue weighted by molar-refractivity contribution is 7.15. The van der Waals surface area contributed by atoms with E-state index in [4.69, 9.17) is 21.3 Å². The Labute approximate surface area is 165 Å². The van der Waals surface area contributed by atoms with Gasteiger partial charge < -0.3 is 4.74 Å². The minimum Gasteiger partial charge on any atom is -0.466 e. The topological polar surface area (TPSA) is 69.4 Å². The van der Waals surface area contributed by atoms with Gasteiger partial charge in [-0.2, -0.15) is 0 Å². The fourth-order valence-electron chi connectivity index (χ4n) is 3.02. The van der Waals surface area contributed by atoms with E-state index in [9.17, 15) is 4.79 Å². The lowest BCUT2D eigenvalue weighted by Crippen LogP contribution is -2.05. The van der Waals surface area contributed by atoms with Crippen LogP contribution in [0.3, 0.4) is 0 Å². The lowest BCUT2D eigenvalue weighted by atomic mass is 10.0. The van der Waals surface area contributed by atoms with Gasteiger partial charge in [0.25, 0.3) is 0 Å². The smallest absolute Gasteiger partial charge is 0.302 e. The summed E-state index contributed by atoms with van der Waals surface area (Å²) in [6, 6.07) is 9.87. The first-order chi connectivity index (χ1) is 13.1. The first-order valence-corrected chi connectivity index (χ1v) is 9.78. The first kappa shape index (κ1) is 17.9. The van der Waals surface area contributed by atoms with Gasteiger partial charge in [0.1, 0.15) is 17.9 Å². The van der Waals surface area contributed by atoms with Crippen LogP contribution >= 0.6 is 22.9 Å². The van der Waals surface area contributed by atoms with Crippen molar-refractivity contribution in [1.82, 2.24) is 14.8 Å². The van der Waals surface area contributed by atoms with Gasteiger partial charge in [-0.05, 0) is 25.0 Å². The molecule has 0 bridgehead atoms. The van der Waals surface area contributed by atoms with Crippen molar-refractivity contribution in [1.29, 1.82) is 0 Å². The van der Waals surface area contributed by atoms with E-state index in [0.29, 0.717) is 18.2 Å².